The summed E-state index contributed by atoms with van der Waals surface area (Å²) >= 11 is 2.87. The second-order valence-corrected chi connectivity index (χ2v) is 8.80. The van der Waals surface area contributed by atoms with Crippen molar-refractivity contribution in [3.05, 3.63) is 56.7 Å². The van der Waals surface area contributed by atoms with Crippen molar-refractivity contribution >= 4 is 39.2 Å². The molecule has 2 N–H and O–H groups in total. The Kier molecular flexibility index (Phi) is 5.31. The molecule has 0 atom stereocenters. The van der Waals surface area contributed by atoms with Gasteiger partial charge < -0.3 is 5.73 Å². The van der Waals surface area contributed by atoms with Gasteiger partial charge in [-0.3, -0.25) is 14.2 Å². The van der Waals surface area contributed by atoms with E-state index in [1.54, 1.807) is 15.9 Å². The molecule has 0 unspecified atom stereocenters. The highest BCUT2D eigenvalue weighted by Gasteiger charge is 2.21. The molecule has 0 saturated carbocycles. The summed E-state index contributed by atoms with van der Waals surface area (Å²) in [5.74, 6) is -0.305. The van der Waals surface area contributed by atoms with Gasteiger partial charge in [-0.25, -0.2) is 4.98 Å². The van der Waals surface area contributed by atoms with Gasteiger partial charge in [0.15, 0.2) is 5.16 Å². The van der Waals surface area contributed by atoms with E-state index in [1.165, 1.54) is 35.0 Å². The van der Waals surface area contributed by atoms with Gasteiger partial charge in [0.1, 0.15) is 4.83 Å². The smallest absolute Gasteiger partial charge is 0.263 e. The van der Waals surface area contributed by atoms with Crippen LogP contribution in [0.1, 0.15) is 35.3 Å². The molecule has 2 heterocycles. The molecule has 0 aliphatic heterocycles. The van der Waals surface area contributed by atoms with Crippen LogP contribution in [-0.4, -0.2) is 21.2 Å². The molecule has 0 spiro atoms. The van der Waals surface area contributed by atoms with Gasteiger partial charge in [0.25, 0.3) is 5.56 Å². The third kappa shape index (κ3) is 3.80. The molecule has 2 aromatic heterocycles. The molecular weight excluding hydrogens is 378 g/mol. The second-order valence-electron chi connectivity index (χ2n) is 6.77. The number of fused-ring (bicyclic) bond motifs is 3. The Morgan fingerprint density at radius 3 is 2.74 bits per heavy atom. The lowest BCUT2D eigenvalue weighted by atomic mass is 10.1. The number of carbonyl (C=O) groups is 1. The monoisotopic (exact) mass is 399 g/mol. The fraction of sp³-hybridized carbons (Fsp3) is 0.350. The van der Waals surface area contributed by atoms with Crippen LogP contribution in [0.3, 0.4) is 0 Å². The molecule has 4 rings (SSSR count). The van der Waals surface area contributed by atoms with Gasteiger partial charge in [0.2, 0.25) is 5.91 Å². The van der Waals surface area contributed by atoms with Crippen molar-refractivity contribution in [3.8, 4) is 0 Å². The summed E-state index contributed by atoms with van der Waals surface area (Å²) in [5, 5.41) is 1.34. The Hall–Kier alpha value is -2.12. The van der Waals surface area contributed by atoms with E-state index in [1.807, 2.05) is 30.3 Å². The van der Waals surface area contributed by atoms with Crippen LogP contribution >= 0.6 is 23.1 Å². The lowest BCUT2D eigenvalue weighted by Gasteiger charge is -2.12. The van der Waals surface area contributed by atoms with Crippen molar-refractivity contribution in [2.24, 2.45) is 5.73 Å². The first kappa shape index (κ1) is 18.3. The zero-order valence-corrected chi connectivity index (χ0v) is 16.6. The number of hydrogen-bond acceptors (Lipinski definition) is 5. The number of benzene rings is 1. The highest BCUT2D eigenvalue weighted by Crippen LogP contribution is 2.34. The van der Waals surface area contributed by atoms with Gasteiger partial charge in [0, 0.05) is 4.88 Å². The first-order chi connectivity index (χ1) is 13.1. The summed E-state index contributed by atoms with van der Waals surface area (Å²) in [5.41, 5.74) is 7.54. The second kappa shape index (κ2) is 7.86. The van der Waals surface area contributed by atoms with E-state index in [2.05, 4.69) is 0 Å². The quantitative estimate of drug-likeness (QED) is 0.405. The van der Waals surface area contributed by atoms with E-state index in [0.717, 1.165) is 35.0 Å². The zero-order valence-electron chi connectivity index (χ0n) is 14.9. The summed E-state index contributed by atoms with van der Waals surface area (Å²) in [4.78, 5) is 31.6. The Labute approximate surface area is 165 Å². The van der Waals surface area contributed by atoms with Crippen LogP contribution in [-0.2, 0) is 24.2 Å². The number of thioether (sulfide) groups is 1. The Morgan fingerprint density at radius 2 is 1.96 bits per heavy atom. The van der Waals surface area contributed by atoms with Gasteiger partial charge in [-0.1, -0.05) is 48.5 Å². The first-order valence-electron chi connectivity index (χ1n) is 9.13. The number of nitrogens with zero attached hydrogens (tertiary/aromatic N) is 2. The molecule has 7 heteroatoms. The maximum atomic E-state index is 13.4. The average molecular weight is 400 g/mol. The van der Waals surface area contributed by atoms with Crippen LogP contribution in [0.25, 0.3) is 10.2 Å². The Balaban J connectivity index is 1.87. The fourth-order valence-corrected chi connectivity index (χ4v) is 5.59. The lowest BCUT2D eigenvalue weighted by Crippen LogP contribution is -2.25. The summed E-state index contributed by atoms with van der Waals surface area (Å²) in [7, 11) is 0. The number of aryl methyl sites for hydroxylation is 2. The number of rotatable bonds is 5. The molecule has 1 aromatic carbocycles. The normalized spacial score (nSPS) is 14.1. The van der Waals surface area contributed by atoms with E-state index in [-0.39, 0.29) is 11.3 Å². The molecule has 0 fully saturated rings. The predicted octanol–water partition coefficient (Wildman–Crippen LogP) is 3.35. The molecular formula is C20H21N3O2S2. The van der Waals surface area contributed by atoms with E-state index in [9.17, 15) is 9.59 Å². The number of carbonyl (C=O) groups excluding carboxylic acids is 1. The van der Waals surface area contributed by atoms with Crippen LogP contribution in [0.15, 0.2) is 40.3 Å². The van der Waals surface area contributed by atoms with Crippen LogP contribution in [0.4, 0.5) is 0 Å². The van der Waals surface area contributed by atoms with Crippen LogP contribution in [0.2, 0.25) is 0 Å². The minimum atomic E-state index is -0.414. The van der Waals surface area contributed by atoms with Crippen molar-refractivity contribution in [3.63, 3.8) is 0 Å². The Bertz CT molecular complexity index is 1040. The third-order valence-corrected chi connectivity index (χ3v) is 7.00. The molecule has 1 aliphatic rings. The first-order valence-corrected chi connectivity index (χ1v) is 10.9. The predicted molar refractivity (Wildman–Crippen MR) is 111 cm³/mol. The van der Waals surface area contributed by atoms with Crippen molar-refractivity contribution < 1.29 is 4.79 Å². The topological polar surface area (TPSA) is 78.0 Å². The lowest BCUT2D eigenvalue weighted by molar-refractivity contribution is -0.115. The zero-order chi connectivity index (χ0) is 18.8. The number of aromatic nitrogens is 2. The van der Waals surface area contributed by atoms with Gasteiger partial charge in [-0.2, -0.15) is 0 Å². The summed E-state index contributed by atoms with van der Waals surface area (Å²) < 4.78 is 1.70. The molecule has 5 nitrogen and oxygen atoms in total. The average Bonchev–Trinajstić information content (AvgIpc) is 2.84. The van der Waals surface area contributed by atoms with E-state index in [0.29, 0.717) is 11.7 Å². The number of nitrogens with two attached hydrogens (primary N) is 1. The summed E-state index contributed by atoms with van der Waals surface area (Å²) in [6.45, 7) is 0.439. The maximum Gasteiger partial charge on any atom is 0.263 e. The highest BCUT2D eigenvalue weighted by molar-refractivity contribution is 7.99. The van der Waals surface area contributed by atoms with Gasteiger partial charge in [0.05, 0.1) is 17.7 Å². The van der Waals surface area contributed by atoms with E-state index < -0.39 is 5.91 Å². The Morgan fingerprint density at radius 1 is 1.19 bits per heavy atom. The van der Waals surface area contributed by atoms with Gasteiger partial charge in [-0.05, 0) is 36.8 Å². The third-order valence-electron chi connectivity index (χ3n) is 4.82. The van der Waals surface area contributed by atoms with Gasteiger partial charge >= 0.3 is 0 Å². The van der Waals surface area contributed by atoms with Crippen molar-refractivity contribution in [2.75, 3.05) is 5.75 Å². The molecule has 0 bridgehead atoms. The van der Waals surface area contributed by atoms with Crippen LogP contribution in [0, 0.1) is 0 Å². The maximum absolute atomic E-state index is 13.4. The molecule has 140 valence electrons. The van der Waals surface area contributed by atoms with Crippen molar-refractivity contribution in [1.82, 2.24) is 9.55 Å². The number of hydrogen-bond donors (Lipinski definition) is 1. The van der Waals surface area contributed by atoms with Crippen molar-refractivity contribution in [2.45, 2.75) is 43.8 Å². The van der Waals surface area contributed by atoms with Crippen molar-refractivity contribution in [1.29, 1.82) is 0 Å². The molecule has 0 saturated heterocycles. The fourth-order valence-electron chi connectivity index (χ4n) is 3.55. The highest BCUT2D eigenvalue weighted by atomic mass is 32.2. The standard InChI is InChI=1S/C20H21N3O2S2/c21-16(24)12-26-20-22-18-17(14-9-5-2-6-10-15(14)27-18)19(25)23(20)11-13-7-3-1-4-8-13/h1,3-4,7-8H,2,5-6,9-12H2,(H2,21,24). The minimum Gasteiger partial charge on any atom is -0.369 e. The number of amides is 1. The molecule has 1 amide bonds. The SMILES string of the molecule is NC(=O)CSc1nc2sc3c(c2c(=O)n1Cc1ccccc1)CCCCC3. The molecule has 27 heavy (non-hydrogen) atoms. The minimum absolute atomic E-state index is 0.00442. The van der Waals surface area contributed by atoms with E-state index in [4.69, 9.17) is 10.7 Å². The molecule has 3 aromatic rings. The van der Waals surface area contributed by atoms with Crippen LogP contribution < -0.4 is 11.3 Å². The summed E-state index contributed by atoms with van der Waals surface area (Å²) in [6, 6.07) is 9.86. The number of thiophene rings is 1. The number of primary amides is 1. The van der Waals surface area contributed by atoms with Crippen LogP contribution in [0.5, 0.6) is 0 Å². The molecule has 1 aliphatic carbocycles. The summed E-state index contributed by atoms with van der Waals surface area (Å²) in [6.07, 6.45) is 5.47. The largest absolute Gasteiger partial charge is 0.369 e. The van der Waals surface area contributed by atoms with E-state index >= 15 is 0 Å². The van der Waals surface area contributed by atoms with Gasteiger partial charge in [-0.15, -0.1) is 11.3 Å². The molecule has 0 radical (unpaired) electrons.